The van der Waals surface area contributed by atoms with E-state index in [2.05, 4.69) is 4.98 Å². The zero-order chi connectivity index (χ0) is 6.69. The van der Waals surface area contributed by atoms with Crippen molar-refractivity contribution in [2.75, 3.05) is 0 Å². The molecule has 0 bridgehead atoms. The predicted molar refractivity (Wildman–Crippen MR) is 30.0 cm³/mol. The van der Waals surface area contributed by atoms with Crippen LogP contribution in [0.3, 0.4) is 0 Å². The first kappa shape index (κ1) is 8.55. The fourth-order valence-corrected chi connectivity index (χ4v) is 0.526. The molecule has 0 aromatic carbocycles. The first-order chi connectivity index (χ1) is 4.30. The normalized spacial score (nSPS) is 8.00. The lowest BCUT2D eigenvalue weighted by Crippen LogP contribution is -3.00. The van der Waals surface area contributed by atoms with Crippen molar-refractivity contribution < 1.29 is 19.6 Å². The predicted octanol–water partition coefficient (Wildman–Crippen LogP) is -2.80. The van der Waals surface area contributed by atoms with Crippen LogP contribution < -0.4 is 9.69 Å². The lowest BCUT2D eigenvalue weighted by molar-refractivity contribution is -0.378. The first-order valence-electron chi connectivity index (χ1n) is 2.50. The Bertz CT molecular complexity index is 212. The number of aromatic nitrogens is 1. The second-order valence-corrected chi connectivity index (χ2v) is 1.60. The van der Waals surface area contributed by atoms with Gasteiger partial charge in [0, 0.05) is 6.07 Å². The molecule has 0 aliphatic heterocycles. The van der Waals surface area contributed by atoms with E-state index in [1.807, 2.05) is 0 Å². The third-order valence-corrected chi connectivity index (χ3v) is 0.954. The molecular weight excluding hydrogens is 137 g/mol. The molecule has 54 valence electrons. The van der Waals surface area contributed by atoms with Gasteiger partial charge in [-0.1, -0.05) is 0 Å². The van der Waals surface area contributed by atoms with Crippen LogP contribution in [-0.2, 0) is 0 Å². The average molecular weight is 143 g/mol. The molecule has 0 aliphatic rings. The van der Waals surface area contributed by atoms with Crippen molar-refractivity contribution >= 4 is 5.97 Å². The minimum absolute atomic E-state index is 0. The van der Waals surface area contributed by atoms with E-state index in [4.69, 9.17) is 5.11 Å². The molecule has 0 atom stereocenters. The van der Waals surface area contributed by atoms with E-state index in [1.165, 1.54) is 12.3 Å². The van der Waals surface area contributed by atoms with E-state index in [1.54, 1.807) is 12.3 Å². The van der Waals surface area contributed by atoms with Gasteiger partial charge in [0.25, 0.3) is 0 Å². The molecule has 1 heterocycles. The number of halogens is 1. The van der Waals surface area contributed by atoms with E-state index >= 15 is 0 Å². The Balaban J connectivity index is 0.000000810. The molecule has 0 fully saturated rings. The van der Waals surface area contributed by atoms with Crippen molar-refractivity contribution in [3.8, 4) is 0 Å². The number of aromatic carboxylic acids is 1. The Hall–Kier alpha value is -1.45. The maximum atomic E-state index is 10.2. The number of aromatic amines is 1. The fourth-order valence-electron chi connectivity index (χ4n) is 0.526. The summed E-state index contributed by atoms with van der Waals surface area (Å²) in [7, 11) is 0. The molecule has 3 nitrogen and oxygen atoms in total. The summed E-state index contributed by atoms with van der Waals surface area (Å²) in [6.07, 6.45) is 3.09. The van der Waals surface area contributed by atoms with Gasteiger partial charge in [0.05, 0.1) is 0 Å². The van der Waals surface area contributed by atoms with Crippen LogP contribution in [0.1, 0.15) is 10.4 Å². The summed E-state index contributed by atoms with van der Waals surface area (Å²) >= 11 is 0. The monoisotopic (exact) mass is 143 g/mol. The Morgan fingerprint density at radius 1 is 1.60 bits per heavy atom. The van der Waals surface area contributed by atoms with Crippen LogP contribution in [0.4, 0.5) is 0 Å². The minimum atomic E-state index is -0.910. The number of pyridine rings is 1. The maximum Gasteiger partial charge on any atom is 0.341 e. The van der Waals surface area contributed by atoms with Crippen molar-refractivity contribution in [2.24, 2.45) is 0 Å². The van der Waals surface area contributed by atoms with Crippen molar-refractivity contribution in [3.63, 3.8) is 0 Å². The van der Waals surface area contributed by atoms with Crippen molar-refractivity contribution in [1.29, 1.82) is 0 Å². The van der Waals surface area contributed by atoms with Gasteiger partial charge in [0.2, 0.25) is 0 Å². The molecule has 0 spiro atoms. The summed E-state index contributed by atoms with van der Waals surface area (Å²) in [6, 6.07) is 3.17. The molecule has 1 rings (SSSR count). The van der Waals surface area contributed by atoms with Gasteiger partial charge in [0.15, 0.2) is 12.4 Å². The smallest absolute Gasteiger partial charge is 0.341 e. The van der Waals surface area contributed by atoms with Gasteiger partial charge >= 0.3 is 5.97 Å². The molecule has 0 amide bonds. The summed E-state index contributed by atoms with van der Waals surface area (Å²) in [4.78, 5) is 12.8. The lowest BCUT2D eigenvalue weighted by Gasteiger charge is -1.83. The second-order valence-electron chi connectivity index (χ2n) is 1.60. The highest BCUT2D eigenvalue weighted by atomic mass is 19.0. The molecule has 1 aromatic heterocycles. The van der Waals surface area contributed by atoms with Crippen LogP contribution in [0.2, 0.25) is 0 Å². The summed E-state index contributed by atoms with van der Waals surface area (Å²) < 4.78 is 0. The van der Waals surface area contributed by atoms with Crippen LogP contribution in [0.5, 0.6) is 0 Å². The van der Waals surface area contributed by atoms with Gasteiger partial charge < -0.3 is 9.81 Å². The van der Waals surface area contributed by atoms with Gasteiger partial charge in [-0.3, -0.25) is 0 Å². The number of carboxylic acid groups (broad SMARTS) is 1. The van der Waals surface area contributed by atoms with Crippen LogP contribution >= 0.6 is 0 Å². The molecule has 0 aliphatic carbocycles. The lowest BCUT2D eigenvalue weighted by atomic mass is 10.3. The third-order valence-electron chi connectivity index (χ3n) is 0.954. The number of hydrogen-bond donors (Lipinski definition) is 1. The number of carboxylic acids is 1. The summed E-state index contributed by atoms with van der Waals surface area (Å²) in [6.45, 7) is 0. The highest BCUT2D eigenvalue weighted by Crippen LogP contribution is 1.90. The Morgan fingerprint density at radius 2 is 2.30 bits per heavy atom. The zero-order valence-electron chi connectivity index (χ0n) is 5.04. The number of hydrogen-bond acceptors (Lipinski definition) is 1. The number of rotatable bonds is 1. The molecule has 10 heavy (non-hydrogen) atoms. The molecule has 0 saturated heterocycles. The quantitative estimate of drug-likeness (QED) is 0.462. The Morgan fingerprint density at radius 3 is 2.60 bits per heavy atom. The standard InChI is InChI=1S/C6H5NO2.FH/c8-6(9)5-2-1-3-7-4-5;/h1-4H,(H,8,9);1H. The molecule has 2 N–H and O–H groups in total. The van der Waals surface area contributed by atoms with Crippen LogP contribution in [0.15, 0.2) is 24.5 Å². The highest BCUT2D eigenvalue weighted by molar-refractivity contribution is 5.86. The van der Waals surface area contributed by atoms with Crippen molar-refractivity contribution in [2.45, 2.75) is 0 Å². The SMILES string of the molecule is O=C(O)c1ccc[nH+]c1.[F-]. The van der Waals surface area contributed by atoms with Crippen molar-refractivity contribution in [3.05, 3.63) is 30.1 Å². The van der Waals surface area contributed by atoms with Gasteiger partial charge in [-0.15, -0.1) is 0 Å². The third kappa shape index (κ3) is 1.81. The molecule has 4 heteroatoms. The van der Waals surface area contributed by atoms with Gasteiger partial charge in [-0.2, -0.15) is 0 Å². The largest absolute Gasteiger partial charge is 1.00 e. The van der Waals surface area contributed by atoms with Crippen LogP contribution in [-0.4, -0.2) is 11.1 Å². The van der Waals surface area contributed by atoms with Gasteiger partial charge in [0.1, 0.15) is 5.56 Å². The Labute approximate surface area is 56.7 Å². The zero-order valence-corrected chi connectivity index (χ0v) is 5.04. The molecule has 0 radical (unpaired) electrons. The van der Waals surface area contributed by atoms with Crippen LogP contribution in [0.25, 0.3) is 0 Å². The average Bonchev–Trinajstić information content (AvgIpc) is 1.90. The van der Waals surface area contributed by atoms with Gasteiger partial charge in [-0.25, -0.2) is 9.78 Å². The van der Waals surface area contributed by atoms with Crippen LogP contribution in [0, 0.1) is 0 Å². The first-order valence-corrected chi connectivity index (χ1v) is 2.50. The second kappa shape index (κ2) is 3.55. The number of carbonyl (C=O) groups is 1. The highest BCUT2D eigenvalue weighted by Gasteiger charge is 2.01. The van der Waals surface area contributed by atoms with E-state index in [9.17, 15) is 4.79 Å². The number of nitrogens with one attached hydrogen (secondary N) is 1. The van der Waals surface area contributed by atoms with E-state index < -0.39 is 5.97 Å². The summed E-state index contributed by atoms with van der Waals surface area (Å²) in [5.41, 5.74) is 0.275. The van der Waals surface area contributed by atoms with E-state index in [0.29, 0.717) is 0 Å². The van der Waals surface area contributed by atoms with Crippen molar-refractivity contribution in [1.82, 2.24) is 0 Å². The van der Waals surface area contributed by atoms with Gasteiger partial charge in [-0.05, 0) is 6.07 Å². The number of H-pyrrole nitrogens is 1. The summed E-state index contributed by atoms with van der Waals surface area (Å²) in [5, 5.41) is 8.36. The molecule has 0 saturated carbocycles. The van der Waals surface area contributed by atoms with E-state index in [0.717, 1.165) is 0 Å². The van der Waals surface area contributed by atoms with E-state index in [-0.39, 0.29) is 10.3 Å². The summed E-state index contributed by atoms with van der Waals surface area (Å²) in [5.74, 6) is -0.910. The maximum absolute atomic E-state index is 10.2. The topological polar surface area (TPSA) is 51.4 Å². The Kier molecular flexibility index (Phi) is 3.04. The minimum Gasteiger partial charge on any atom is -1.00 e. The molecular formula is C6H6FNO2. The molecule has 0 unspecified atom stereocenters. The molecule has 1 aromatic rings. The fraction of sp³-hybridized carbons (Fsp3) is 0.